The monoisotopic (exact) mass is 672 g/mol. The quantitative estimate of drug-likeness (QED) is 0.181. The van der Waals surface area contributed by atoms with Crippen molar-refractivity contribution in [3.05, 3.63) is 170 Å². The molecule has 0 radical (unpaired) electrons. The summed E-state index contributed by atoms with van der Waals surface area (Å²) in [5.41, 5.74) is 7.01. The Hall–Kier alpha value is -5.94. The topological polar surface area (TPSA) is 8.17 Å². The van der Waals surface area contributed by atoms with Crippen LogP contribution in [0, 0.1) is 0 Å². The number of nitrogens with zero attached hydrogens (tertiary/aromatic N) is 2. The highest BCUT2D eigenvalue weighted by Crippen LogP contribution is 2.45. The van der Waals surface area contributed by atoms with Gasteiger partial charge in [0.25, 0.3) is 0 Å². The molecule has 0 aliphatic heterocycles. The lowest BCUT2D eigenvalue weighted by Gasteiger charge is -2.26. The smallest absolute Gasteiger partial charge is 0.0547 e. The summed E-state index contributed by atoms with van der Waals surface area (Å²) in [5.74, 6) is 0. The summed E-state index contributed by atoms with van der Waals surface area (Å²) in [6.45, 7) is 0. The Bertz CT molecular complexity index is 3000. The highest BCUT2D eigenvalue weighted by atomic mass is 32.1. The zero-order valence-corrected chi connectivity index (χ0v) is 28.5. The summed E-state index contributed by atoms with van der Waals surface area (Å²) in [5, 5.41) is 10.2. The molecule has 0 atom stereocenters. The molecule has 0 amide bonds. The average Bonchev–Trinajstić information content (AvgIpc) is 3.83. The molecular weight excluding hydrogens is 645 g/mol. The van der Waals surface area contributed by atoms with Crippen LogP contribution in [-0.4, -0.2) is 4.57 Å². The minimum absolute atomic E-state index is 1.13. The lowest BCUT2D eigenvalue weighted by molar-refractivity contribution is 1.18. The molecule has 0 fully saturated rings. The van der Waals surface area contributed by atoms with Crippen molar-refractivity contribution >= 4 is 113 Å². The van der Waals surface area contributed by atoms with Crippen LogP contribution in [0.15, 0.2) is 170 Å². The number of thiophene rings is 2. The molecule has 0 bridgehead atoms. The van der Waals surface area contributed by atoms with Crippen molar-refractivity contribution in [1.82, 2.24) is 4.57 Å². The predicted octanol–water partition coefficient (Wildman–Crippen LogP) is 14.1. The summed E-state index contributed by atoms with van der Waals surface area (Å²) in [4.78, 5) is 2.45. The Morgan fingerprint density at radius 2 is 0.820 bits per heavy atom. The van der Waals surface area contributed by atoms with E-state index < -0.39 is 0 Å². The van der Waals surface area contributed by atoms with E-state index in [-0.39, 0.29) is 0 Å². The zero-order chi connectivity index (χ0) is 32.8. The van der Waals surface area contributed by atoms with Gasteiger partial charge in [-0.25, -0.2) is 0 Å². The van der Waals surface area contributed by atoms with Gasteiger partial charge >= 0.3 is 0 Å². The van der Waals surface area contributed by atoms with E-state index in [1.807, 2.05) is 22.7 Å². The van der Waals surface area contributed by atoms with Gasteiger partial charge in [-0.1, -0.05) is 78.9 Å². The van der Waals surface area contributed by atoms with E-state index in [0.29, 0.717) is 0 Å². The second-order valence-corrected chi connectivity index (χ2v) is 15.1. The Morgan fingerprint density at radius 1 is 0.340 bits per heavy atom. The minimum Gasteiger partial charge on any atom is -0.310 e. The second kappa shape index (κ2) is 10.8. The Kier molecular flexibility index (Phi) is 6.03. The molecule has 3 aromatic heterocycles. The lowest BCUT2D eigenvalue weighted by Crippen LogP contribution is -2.09. The van der Waals surface area contributed by atoms with E-state index in [0.717, 1.165) is 22.7 Å². The number of hydrogen-bond donors (Lipinski definition) is 0. The minimum atomic E-state index is 1.13. The van der Waals surface area contributed by atoms with Gasteiger partial charge < -0.3 is 9.47 Å². The van der Waals surface area contributed by atoms with Gasteiger partial charge in [0.15, 0.2) is 0 Å². The van der Waals surface area contributed by atoms with Crippen LogP contribution in [0.1, 0.15) is 0 Å². The van der Waals surface area contributed by atoms with Gasteiger partial charge in [0.05, 0.1) is 11.0 Å². The molecule has 8 aromatic carbocycles. The predicted molar refractivity (Wildman–Crippen MR) is 219 cm³/mol. The van der Waals surface area contributed by atoms with Crippen molar-refractivity contribution in [2.24, 2.45) is 0 Å². The molecule has 11 aromatic rings. The Morgan fingerprint density at radius 3 is 1.46 bits per heavy atom. The number of para-hydroxylation sites is 1. The molecule has 4 heteroatoms. The molecule has 2 nitrogen and oxygen atoms in total. The summed E-state index contributed by atoms with van der Waals surface area (Å²) < 4.78 is 7.67. The van der Waals surface area contributed by atoms with E-state index in [9.17, 15) is 0 Å². The highest BCUT2D eigenvalue weighted by Gasteiger charge is 2.20. The largest absolute Gasteiger partial charge is 0.310 e. The first kappa shape index (κ1) is 28.0. The van der Waals surface area contributed by atoms with Gasteiger partial charge in [-0.3, -0.25) is 0 Å². The van der Waals surface area contributed by atoms with Crippen molar-refractivity contribution in [3.63, 3.8) is 0 Å². The van der Waals surface area contributed by atoms with Gasteiger partial charge in [0.2, 0.25) is 0 Å². The number of anilines is 3. The molecule has 3 heterocycles. The van der Waals surface area contributed by atoms with E-state index >= 15 is 0 Å². The number of fused-ring (bicyclic) bond motifs is 10. The van der Waals surface area contributed by atoms with E-state index in [4.69, 9.17) is 0 Å². The van der Waals surface area contributed by atoms with Crippen molar-refractivity contribution in [2.75, 3.05) is 4.90 Å². The van der Waals surface area contributed by atoms with Gasteiger partial charge in [0, 0.05) is 73.9 Å². The van der Waals surface area contributed by atoms with Crippen LogP contribution in [0.25, 0.3) is 78.6 Å². The fourth-order valence-corrected chi connectivity index (χ4v) is 10.0. The van der Waals surface area contributed by atoms with Crippen molar-refractivity contribution < 1.29 is 0 Å². The van der Waals surface area contributed by atoms with Crippen LogP contribution in [0.4, 0.5) is 17.1 Å². The molecule has 0 aliphatic carbocycles. The maximum atomic E-state index is 2.45. The highest BCUT2D eigenvalue weighted by molar-refractivity contribution is 7.26. The third-order valence-electron chi connectivity index (χ3n) is 10.1. The van der Waals surface area contributed by atoms with Crippen LogP contribution in [-0.2, 0) is 0 Å². The Balaban J connectivity index is 1.20. The molecule has 0 saturated carbocycles. The normalized spacial score (nSPS) is 12.0. The maximum Gasteiger partial charge on any atom is 0.0547 e. The van der Waals surface area contributed by atoms with Crippen molar-refractivity contribution in [2.45, 2.75) is 0 Å². The van der Waals surface area contributed by atoms with Crippen LogP contribution in [0.2, 0.25) is 0 Å². The number of hydrogen-bond acceptors (Lipinski definition) is 3. The molecule has 0 N–H and O–H groups in total. The van der Waals surface area contributed by atoms with Crippen LogP contribution in [0.5, 0.6) is 0 Å². The van der Waals surface area contributed by atoms with E-state index in [1.54, 1.807) is 0 Å². The molecule has 234 valence electrons. The fraction of sp³-hybridized carbons (Fsp3) is 0. The molecule has 0 aliphatic rings. The van der Waals surface area contributed by atoms with Crippen LogP contribution in [0.3, 0.4) is 0 Å². The van der Waals surface area contributed by atoms with Gasteiger partial charge in [-0.2, -0.15) is 0 Å². The van der Waals surface area contributed by atoms with E-state index in [2.05, 4.69) is 179 Å². The summed E-state index contributed by atoms with van der Waals surface area (Å²) in [6.07, 6.45) is 0. The van der Waals surface area contributed by atoms with Crippen molar-refractivity contribution in [3.8, 4) is 5.69 Å². The second-order valence-electron chi connectivity index (χ2n) is 13.0. The van der Waals surface area contributed by atoms with Gasteiger partial charge in [-0.15, -0.1) is 22.7 Å². The molecular formula is C46H28N2S2. The first-order valence-corrected chi connectivity index (χ1v) is 18.6. The van der Waals surface area contributed by atoms with E-state index in [1.165, 1.54) is 72.9 Å². The average molecular weight is 673 g/mol. The standard InChI is InChI=1S/C46H28N2S2/c1-2-12-31(13-3-1)48-41-21-18-32(26-38(41)37-24-29-10-4-5-11-30(29)25-42(37)48)47(33-19-22-45-39(27-33)35-14-6-8-16-43(35)49-45)34-20-23-46-40(28-34)36-15-7-9-17-44(36)50-46/h1-28H. The molecule has 50 heavy (non-hydrogen) atoms. The number of aromatic nitrogens is 1. The van der Waals surface area contributed by atoms with Crippen molar-refractivity contribution in [1.29, 1.82) is 0 Å². The molecule has 0 saturated heterocycles. The van der Waals surface area contributed by atoms with Crippen LogP contribution < -0.4 is 4.90 Å². The first-order chi connectivity index (χ1) is 24.8. The lowest BCUT2D eigenvalue weighted by atomic mass is 10.0. The summed E-state index contributed by atoms with van der Waals surface area (Å²) >= 11 is 3.73. The number of rotatable bonds is 4. The Labute approximate surface area is 296 Å². The third-order valence-corrected chi connectivity index (χ3v) is 12.4. The molecule has 0 unspecified atom stereocenters. The molecule has 0 spiro atoms. The fourth-order valence-electron chi connectivity index (χ4n) is 7.84. The van der Waals surface area contributed by atoms with Crippen LogP contribution >= 0.6 is 22.7 Å². The number of benzene rings is 8. The zero-order valence-electron chi connectivity index (χ0n) is 26.9. The maximum absolute atomic E-state index is 2.45. The first-order valence-electron chi connectivity index (χ1n) is 16.9. The summed E-state index contributed by atoms with van der Waals surface area (Å²) in [7, 11) is 0. The van der Waals surface area contributed by atoms with Gasteiger partial charge in [-0.05, 0) is 102 Å². The molecule has 11 rings (SSSR count). The van der Waals surface area contributed by atoms with Gasteiger partial charge in [0.1, 0.15) is 0 Å². The SMILES string of the molecule is c1ccc(-n2c3ccc(N(c4ccc5sc6ccccc6c5c4)c4ccc5sc6ccccc6c5c4)cc3c3cc4ccccc4cc32)cc1. The third kappa shape index (κ3) is 4.19. The summed E-state index contributed by atoms with van der Waals surface area (Å²) in [6, 6.07) is 62.6.